The Bertz CT molecular complexity index is 1610. The van der Waals surface area contributed by atoms with Gasteiger partial charge >= 0.3 is 5.69 Å². The van der Waals surface area contributed by atoms with Gasteiger partial charge in [0, 0.05) is 37.7 Å². The fraction of sp³-hybridized carbons (Fsp3) is 0.258. The van der Waals surface area contributed by atoms with Crippen molar-refractivity contribution in [2.75, 3.05) is 13.1 Å². The quantitative estimate of drug-likeness (QED) is 0.406. The van der Waals surface area contributed by atoms with Gasteiger partial charge in [0.05, 0.1) is 17.4 Å². The number of fused-ring (bicyclic) bond motifs is 1. The highest BCUT2D eigenvalue weighted by Gasteiger charge is 2.18. The third-order valence-corrected chi connectivity index (χ3v) is 6.90. The molecule has 4 aromatic rings. The maximum absolute atomic E-state index is 13.4. The van der Waals surface area contributed by atoms with Crippen molar-refractivity contribution < 1.29 is 4.79 Å². The molecule has 0 saturated carbocycles. The summed E-state index contributed by atoms with van der Waals surface area (Å²) in [6.45, 7) is 1.72. The Morgan fingerprint density at radius 2 is 1.59 bits per heavy atom. The monoisotopic (exact) mass is 491 g/mol. The molecule has 0 spiro atoms. The number of hydrogen-bond acceptors (Lipinski definition) is 3. The molecule has 1 aromatic heterocycles. The zero-order valence-electron chi connectivity index (χ0n) is 20.9. The average Bonchev–Trinajstić information content (AvgIpc) is 2.95. The van der Waals surface area contributed by atoms with Crippen LogP contribution in [0, 0.1) is 11.8 Å². The number of benzene rings is 3. The van der Waals surface area contributed by atoms with Crippen molar-refractivity contribution >= 4 is 16.8 Å². The lowest BCUT2D eigenvalue weighted by Crippen LogP contribution is -2.39. The van der Waals surface area contributed by atoms with Crippen molar-refractivity contribution in [2.24, 2.45) is 7.05 Å². The molecule has 2 heterocycles. The molecule has 3 aromatic carbocycles. The SMILES string of the molecule is Cn1c(=O)n(Cc2ccc(C(=O)N3CCCCC3)cc2)c(=O)c2cc(C#CCc3ccccc3)ccc21. The van der Waals surface area contributed by atoms with Gasteiger partial charge in [-0.2, -0.15) is 0 Å². The molecule has 1 aliphatic heterocycles. The number of nitrogens with zero attached hydrogens (tertiary/aromatic N) is 3. The smallest absolute Gasteiger partial charge is 0.331 e. The van der Waals surface area contributed by atoms with Crippen molar-refractivity contribution in [1.82, 2.24) is 14.0 Å². The minimum absolute atomic E-state index is 0.0333. The fourth-order valence-corrected chi connectivity index (χ4v) is 4.79. The Labute approximate surface area is 215 Å². The van der Waals surface area contributed by atoms with Gasteiger partial charge in [-0.25, -0.2) is 4.79 Å². The Morgan fingerprint density at radius 3 is 2.32 bits per heavy atom. The first kappa shape index (κ1) is 24.3. The number of likely N-dealkylation sites (tertiary alicyclic amines) is 1. The van der Waals surface area contributed by atoms with Crippen LogP contribution in [-0.2, 0) is 20.0 Å². The van der Waals surface area contributed by atoms with Crippen LogP contribution in [-0.4, -0.2) is 33.0 Å². The zero-order chi connectivity index (χ0) is 25.8. The van der Waals surface area contributed by atoms with Crippen molar-refractivity contribution in [3.05, 3.63) is 116 Å². The molecule has 37 heavy (non-hydrogen) atoms. The molecule has 0 bridgehead atoms. The molecule has 0 unspecified atom stereocenters. The molecule has 1 amide bonds. The number of rotatable bonds is 4. The van der Waals surface area contributed by atoms with E-state index in [2.05, 4.69) is 11.8 Å². The molecule has 6 heteroatoms. The molecule has 0 atom stereocenters. The topological polar surface area (TPSA) is 64.3 Å². The van der Waals surface area contributed by atoms with Gasteiger partial charge in [0.15, 0.2) is 0 Å². The molecule has 1 fully saturated rings. The van der Waals surface area contributed by atoms with E-state index in [-0.39, 0.29) is 23.7 Å². The van der Waals surface area contributed by atoms with Crippen molar-refractivity contribution in [3.8, 4) is 11.8 Å². The third-order valence-electron chi connectivity index (χ3n) is 6.90. The first-order valence-corrected chi connectivity index (χ1v) is 12.7. The summed E-state index contributed by atoms with van der Waals surface area (Å²) < 4.78 is 2.73. The number of hydrogen-bond donors (Lipinski definition) is 0. The highest BCUT2D eigenvalue weighted by Crippen LogP contribution is 2.15. The normalized spacial score (nSPS) is 13.3. The largest absolute Gasteiger partial charge is 0.339 e. The number of piperidine rings is 1. The predicted octanol–water partition coefficient (Wildman–Crippen LogP) is 3.97. The van der Waals surface area contributed by atoms with Crippen LogP contribution >= 0.6 is 0 Å². The van der Waals surface area contributed by atoms with E-state index >= 15 is 0 Å². The van der Waals surface area contributed by atoms with Crippen LogP contribution in [0.5, 0.6) is 0 Å². The van der Waals surface area contributed by atoms with E-state index in [9.17, 15) is 14.4 Å². The Kier molecular flexibility index (Phi) is 7.04. The number of aromatic nitrogens is 2. The van der Waals surface area contributed by atoms with E-state index in [1.54, 1.807) is 31.3 Å². The van der Waals surface area contributed by atoms with Crippen LogP contribution in [0.3, 0.4) is 0 Å². The van der Waals surface area contributed by atoms with Crippen LogP contribution in [0.1, 0.15) is 46.3 Å². The van der Waals surface area contributed by atoms with E-state index < -0.39 is 0 Å². The lowest BCUT2D eigenvalue weighted by molar-refractivity contribution is 0.0724. The van der Waals surface area contributed by atoms with Gasteiger partial charge in [-0.3, -0.25) is 18.7 Å². The van der Waals surface area contributed by atoms with Gasteiger partial charge in [-0.15, -0.1) is 0 Å². The van der Waals surface area contributed by atoms with Gasteiger partial charge in [0.1, 0.15) is 0 Å². The first-order chi connectivity index (χ1) is 18.0. The minimum atomic E-state index is -0.381. The summed E-state index contributed by atoms with van der Waals surface area (Å²) in [5, 5.41) is 0.450. The van der Waals surface area contributed by atoms with Gasteiger partial charge < -0.3 is 4.90 Å². The highest BCUT2D eigenvalue weighted by atomic mass is 16.2. The fourth-order valence-electron chi connectivity index (χ4n) is 4.79. The third kappa shape index (κ3) is 5.26. The van der Waals surface area contributed by atoms with Crippen molar-refractivity contribution in [1.29, 1.82) is 0 Å². The molecule has 6 nitrogen and oxygen atoms in total. The first-order valence-electron chi connectivity index (χ1n) is 12.7. The Morgan fingerprint density at radius 1 is 0.865 bits per heavy atom. The van der Waals surface area contributed by atoms with Crippen molar-refractivity contribution in [3.63, 3.8) is 0 Å². The van der Waals surface area contributed by atoms with Gasteiger partial charge in [-0.05, 0) is 60.7 Å². The molecule has 0 aliphatic carbocycles. The van der Waals surface area contributed by atoms with E-state index in [0.29, 0.717) is 22.9 Å². The second kappa shape index (κ2) is 10.7. The molecular formula is C31H29N3O3. The molecule has 1 aliphatic rings. The Balaban J connectivity index is 1.41. The lowest BCUT2D eigenvalue weighted by atomic mass is 10.1. The zero-order valence-corrected chi connectivity index (χ0v) is 20.9. The van der Waals surface area contributed by atoms with Crippen LogP contribution in [0.2, 0.25) is 0 Å². The number of carbonyl (C=O) groups is 1. The van der Waals surface area contributed by atoms with Crippen LogP contribution in [0.25, 0.3) is 10.9 Å². The summed E-state index contributed by atoms with van der Waals surface area (Å²) in [6.07, 6.45) is 3.86. The van der Waals surface area contributed by atoms with E-state index in [0.717, 1.165) is 42.6 Å². The highest BCUT2D eigenvalue weighted by molar-refractivity contribution is 5.94. The second-order valence-electron chi connectivity index (χ2n) is 9.48. The summed E-state index contributed by atoms with van der Waals surface area (Å²) in [5.74, 6) is 6.33. The minimum Gasteiger partial charge on any atom is -0.339 e. The molecule has 0 N–H and O–H groups in total. The second-order valence-corrected chi connectivity index (χ2v) is 9.48. The summed E-state index contributed by atoms with van der Waals surface area (Å²) in [6, 6.07) is 22.6. The summed E-state index contributed by atoms with van der Waals surface area (Å²) in [7, 11) is 1.67. The molecule has 0 radical (unpaired) electrons. The van der Waals surface area contributed by atoms with Gasteiger partial charge in [0.25, 0.3) is 11.5 Å². The van der Waals surface area contributed by atoms with Crippen molar-refractivity contribution in [2.45, 2.75) is 32.2 Å². The summed E-state index contributed by atoms with van der Waals surface area (Å²) >= 11 is 0. The summed E-state index contributed by atoms with van der Waals surface area (Å²) in [4.78, 5) is 41.1. The average molecular weight is 492 g/mol. The predicted molar refractivity (Wildman–Crippen MR) is 146 cm³/mol. The number of amides is 1. The van der Waals surface area contributed by atoms with E-state index in [4.69, 9.17) is 0 Å². The van der Waals surface area contributed by atoms with Gasteiger partial charge in [0.2, 0.25) is 0 Å². The number of carbonyl (C=O) groups excluding carboxylic acids is 1. The Hall–Kier alpha value is -4.37. The molecule has 5 rings (SSSR count). The van der Waals surface area contributed by atoms with Crippen LogP contribution in [0.15, 0.2) is 82.4 Å². The molecular weight excluding hydrogens is 462 g/mol. The maximum atomic E-state index is 13.4. The lowest BCUT2D eigenvalue weighted by Gasteiger charge is -2.26. The van der Waals surface area contributed by atoms with E-state index in [1.165, 1.54) is 15.6 Å². The van der Waals surface area contributed by atoms with Crippen LogP contribution < -0.4 is 11.2 Å². The summed E-state index contributed by atoms with van der Waals surface area (Å²) in [5.41, 5.74) is 3.11. The van der Waals surface area contributed by atoms with E-state index in [1.807, 2.05) is 53.4 Å². The standard InChI is InChI=1S/C31H29N3O3/c1-32-28-18-15-24(12-8-11-23-9-4-2-5-10-23)21-27(28)30(36)34(31(32)37)22-25-13-16-26(17-14-25)29(35)33-19-6-3-7-20-33/h2,4-5,9-10,13-18,21H,3,6-7,11,19-20,22H2,1H3. The van der Waals surface area contributed by atoms with Gasteiger partial charge in [-0.1, -0.05) is 54.3 Å². The number of aryl methyl sites for hydroxylation is 1. The molecule has 186 valence electrons. The maximum Gasteiger partial charge on any atom is 0.331 e. The molecule has 1 saturated heterocycles. The van der Waals surface area contributed by atoms with Crippen LogP contribution in [0.4, 0.5) is 0 Å².